The molecule has 0 saturated carbocycles. The SMILES string of the molecule is C=O.NC(N)=O.Oc1ccccc1Cc1ccccc1. The summed E-state index contributed by atoms with van der Waals surface area (Å²) in [7, 11) is 0. The fraction of sp³-hybridized carbons (Fsp3) is 0.0667. The zero-order valence-corrected chi connectivity index (χ0v) is 11.0. The van der Waals surface area contributed by atoms with E-state index in [1.807, 2.05) is 43.2 Å². The molecule has 2 amide bonds. The van der Waals surface area contributed by atoms with Gasteiger partial charge in [0.2, 0.25) is 0 Å². The molecule has 2 aromatic rings. The second-order valence-electron chi connectivity index (χ2n) is 3.69. The van der Waals surface area contributed by atoms with E-state index in [9.17, 15) is 5.11 Å². The van der Waals surface area contributed by atoms with E-state index < -0.39 is 6.03 Å². The summed E-state index contributed by atoms with van der Waals surface area (Å²) in [6.07, 6.45) is 0.785. The van der Waals surface area contributed by atoms with Crippen molar-refractivity contribution in [1.29, 1.82) is 0 Å². The molecule has 0 aliphatic carbocycles. The summed E-state index contributed by atoms with van der Waals surface area (Å²) in [4.78, 5) is 17.0. The fourth-order valence-electron chi connectivity index (χ4n) is 1.48. The molecule has 0 spiro atoms. The number of aromatic hydroxyl groups is 1. The molecule has 0 bridgehead atoms. The number of benzene rings is 2. The maximum absolute atomic E-state index is 9.57. The normalized spacial score (nSPS) is 8.40. The van der Waals surface area contributed by atoms with Gasteiger partial charge in [-0.2, -0.15) is 0 Å². The molecule has 20 heavy (non-hydrogen) atoms. The summed E-state index contributed by atoms with van der Waals surface area (Å²) >= 11 is 0. The summed E-state index contributed by atoms with van der Waals surface area (Å²) in [5.74, 6) is 0.372. The van der Waals surface area contributed by atoms with Crippen molar-refractivity contribution in [2.75, 3.05) is 0 Å². The molecular formula is C15H18N2O3. The number of urea groups is 1. The second-order valence-corrected chi connectivity index (χ2v) is 3.69. The van der Waals surface area contributed by atoms with Crippen LogP contribution in [0, 0.1) is 0 Å². The Morgan fingerprint density at radius 3 is 1.90 bits per heavy atom. The van der Waals surface area contributed by atoms with Crippen LogP contribution in [0.1, 0.15) is 11.1 Å². The number of carbonyl (C=O) groups excluding carboxylic acids is 2. The van der Waals surface area contributed by atoms with Crippen LogP contribution in [0.25, 0.3) is 0 Å². The number of carbonyl (C=O) groups is 2. The van der Waals surface area contributed by atoms with Crippen LogP contribution >= 0.6 is 0 Å². The Bertz CT molecular complexity index is 512. The van der Waals surface area contributed by atoms with Crippen LogP contribution < -0.4 is 11.5 Å². The predicted octanol–water partition coefficient (Wildman–Crippen LogP) is 1.82. The lowest BCUT2D eigenvalue weighted by Crippen LogP contribution is -2.18. The monoisotopic (exact) mass is 274 g/mol. The number of phenolic OH excluding ortho intramolecular Hbond substituents is 1. The van der Waals surface area contributed by atoms with Gasteiger partial charge in [-0.25, -0.2) is 4.79 Å². The van der Waals surface area contributed by atoms with Crippen LogP contribution in [0.3, 0.4) is 0 Å². The molecule has 0 aromatic heterocycles. The van der Waals surface area contributed by atoms with Crippen molar-refractivity contribution in [2.45, 2.75) is 6.42 Å². The summed E-state index contributed by atoms with van der Waals surface area (Å²) in [6.45, 7) is 2.00. The second kappa shape index (κ2) is 10.1. The van der Waals surface area contributed by atoms with Crippen molar-refractivity contribution in [3.05, 3.63) is 65.7 Å². The maximum Gasteiger partial charge on any atom is 0.309 e. The predicted molar refractivity (Wildman–Crippen MR) is 78.2 cm³/mol. The highest BCUT2D eigenvalue weighted by Crippen LogP contribution is 2.19. The van der Waals surface area contributed by atoms with Gasteiger partial charge in [0.25, 0.3) is 0 Å². The van der Waals surface area contributed by atoms with Gasteiger partial charge in [0.15, 0.2) is 0 Å². The van der Waals surface area contributed by atoms with Crippen LogP contribution in [0.5, 0.6) is 5.75 Å². The summed E-state index contributed by atoms with van der Waals surface area (Å²) in [6, 6.07) is 16.8. The van der Waals surface area contributed by atoms with Crippen molar-refractivity contribution >= 4 is 12.8 Å². The Morgan fingerprint density at radius 1 is 0.950 bits per heavy atom. The number of primary amides is 2. The van der Waals surface area contributed by atoms with E-state index in [0.717, 1.165) is 12.0 Å². The highest BCUT2D eigenvalue weighted by atomic mass is 16.3. The standard InChI is InChI=1S/C13H12O.CH4N2O.CH2O/c14-13-9-5-4-8-12(13)10-11-6-2-1-3-7-11;2-1(3)4;1-2/h1-9,14H,10H2;(H4,2,3,4);1H2. The molecule has 106 valence electrons. The Labute approximate surface area is 117 Å². The third kappa shape index (κ3) is 7.50. The van der Waals surface area contributed by atoms with Gasteiger partial charge in [0, 0.05) is 6.42 Å². The van der Waals surface area contributed by atoms with Gasteiger partial charge in [-0.3, -0.25) is 0 Å². The molecule has 0 saturated heterocycles. The van der Waals surface area contributed by atoms with Crippen LogP contribution in [-0.2, 0) is 11.2 Å². The van der Waals surface area contributed by atoms with Gasteiger partial charge in [-0.1, -0.05) is 48.5 Å². The smallest absolute Gasteiger partial charge is 0.309 e. The molecule has 5 heteroatoms. The van der Waals surface area contributed by atoms with Gasteiger partial charge < -0.3 is 21.4 Å². The van der Waals surface area contributed by atoms with Crippen molar-refractivity contribution < 1.29 is 14.7 Å². The van der Waals surface area contributed by atoms with Crippen molar-refractivity contribution in [1.82, 2.24) is 0 Å². The third-order valence-electron chi connectivity index (χ3n) is 2.23. The van der Waals surface area contributed by atoms with Gasteiger partial charge in [-0.15, -0.1) is 0 Å². The van der Waals surface area contributed by atoms with Crippen molar-refractivity contribution in [3.8, 4) is 5.75 Å². The van der Waals surface area contributed by atoms with Crippen LogP contribution in [0.15, 0.2) is 54.6 Å². The minimum Gasteiger partial charge on any atom is -0.508 e. The number of nitrogens with two attached hydrogens (primary N) is 2. The molecule has 0 heterocycles. The first-order valence-corrected chi connectivity index (χ1v) is 5.74. The first-order chi connectivity index (χ1) is 9.59. The molecule has 2 rings (SSSR count). The Morgan fingerprint density at radius 2 is 1.40 bits per heavy atom. The Hall–Kier alpha value is -2.82. The van der Waals surface area contributed by atoms with E-state index in [4.69, 9.17) is 9.59 Å². The average molecular weight is 274 g/mol. The zero-order chi connectivity index (χ0) is 15.4. The molecule has 2 aromatic carbocycles. The van der Waals surface area contributed by atoms with Gasteiger partial charge in [0.05, 0.1) is 0 Å². The van der Waals surface area contributed by atoms with Gasteiger partial charge >= 0.3 is 6.03 Å². The average Bonchev–Trinajstić information content (AvgIpc) is 2.44. The molecule has 0 unspecified atom stereocenters. The topological polar surface area (TPSA) is 106 Å². The minimum atomic E-state index is -0.833. The number of hydrogen-bond acceptors (Lipinski definition) is 3. The number of rotatable bonds is 2. The largest absolute Gasteiger partial charge is 0.508 e. The Balaban J connectivity index is 0.000000521. The minimum absolute atomic E-state index is 0.372. The zero-order valence-electron chi connectivity index (χ0n) is 11.0. The number of phenols is 1. The van der Waals surface area contributed by atoms with E-state index in [-0.39, 0.29) is 0 Å². The fourth-order valence-corrected chi connectivity index (χ4v) is 1.48. The molecule has 0 aliphatic heterocycles. The summed E-state index contributed by atoms with van der Waals surface area (Å²) < 4.78 is 0. The molecular weight excluding hydrogens is 256 g/mol. The van der Waals surface area contributed by atoms with Crippen LogP contribution in [-0.4, -0.2) is 17.9 Å². The van der Waals surface area contributed by atoms with Crippen LogP contribution in [0.2, 0.25) is 0 Å². The number of hydrogen-bond donors (Lipinski definition) is 3. The summed E-state index contributed by atoms with van der Waals surface area (Å²) in [5, 5.41) is 9.57. The van der Waals surface area contributed by atoms with Crippen molar-refractivity contribution in [2.24, 2.45) is 11.5 Å². The first kappa shape index (κ1) is 17.2. The lowest BCUT2D eigenvalue weighted by molar-refractivity contribution is -0.0979. The van der Waals surface area contributed by atoms with Crippen LogP contribution in [0.4, 0.5) is 4.79 Å². The van der Waals surface area contributed by atoms with E-state index >= 15 is 0 Å². The van der Waals surface area contributed by atoms with Crippen molar-refractivity contribution in [3.63, 3.8) is 0 Å². The molecule has 5 nitrogen and oxygen atoms in total. The molecule has 0 aliphatic rings. The first-order valence-electron chi connectivity index (χ1n) is 5.74. The van der Waals surface area contributed by atoms with Gasteiger partial charge in [-0.05, 0) is 17.2 Å². The van der Waals surface area contributed by atoms with E-state index in [2.05, 4.69) is 23.6 Å². The number of para-hydroxylation sites is 1. The highest BCUT2D eigenvalue weighted by molar-refractivity contribution is 5.69. The molecule has 0 fully saturated rings. The molecule has 5 N–H and O–H groups in total. The quantitative estimate of drug-likeness (QED) is 0.777. The lowest BCUT2D eigenvalue weighted by atomic mass is 10.0. The molecule has 0 atom stereocenters. The number of amides is 2. The van der Waals surface area contributed by atoms with E-state index in [0.29, 0.717) is 5.75 Å². The lowest BCUT2D eigenvalue weighted by Gasteiger charge is -2.03. The Kier molecular flexibility index (Phi) is 8.71. The maximum atomic E-state index is 9.57. The van der Waals surface area contributed by atoms with E-state index in [1.165, 1.54) is 5.56 Å². The third-order valence-corrected chi connectivity index (χ3v) is 2.23. The highest BCUT2D eigenvalue weighted by Gasteiger charge is 1.99. The molecule has 0 radical (unpaired) electrons. The van der Waals surface area contributed by atoms with Gasteiger partial charge in [0.1, 0.15) is 12.5 Å². The summed E-state index contributed by atoms with van der Waals surface area (Å²) in [5.41, 5.74) is 10.7. The van der Waals surface area contributed by atoms with E-state index in [1.54, 1.807) is 6.07 Å².